The van der Waals surface area contributed by atoms with Crippen molar-refractivity contribution < 1.29 is 15.0 Å². The number of nitrogens with one attached hydrogen (secondary N) is 1. The summed E-state index contributed by atoms with van der Waals surface area (Å²) < 4.78 is 0. The van der Waals surface area contributed by atoms with Crippen molar-refractivity contribution in [2.24, 2.45) is 0 Å². The van der Waals surface area contributed by atoms with Gasteiger partial charge in [0.15, 0.2) is 11.5 Å². The van der Waals surface area contributed by atoms with Gasteiger partial charge in [0.1, 0.15) is 0 Å². The minimum atomic E-state index is -0.251. The van der Waals surface area contributed by atoms with Gasteiger partial charge < -0.3 is 15.5 Å². The monoisotopic (exact) mass is 311 g/mol. The van der Waals surface area contributed by atoms with E-state index in [4.69, 9.17) is 0 Å². The fraction of sp³-hybridized carbons (Fsp3) is 0.211. The van der Waals surface area contributed by atoms with Crippen LogP contribution in [0.2, 0.25) is 0 Å². The fourth-order valence-corrected chi connectivity index (χ4v) is 2.14. The lowest BCUT2D eigenvalue weighted by atomic mass is 10.1. The zero-order chi connectivity index (χ0) is 16.7. The number of aromatic hydroxyl groups is 2. The van der Waals surface area contributed by atoms with Gasteiger partial charge >= 0.3 is 0 Å². The van der Waals surface area contributed by atoms with E-state index in [0.29, 0.717) is 5.56 Å². The summed E-state index contributed by atoms with van der Waals surface area (Å²) >= 11 is 0. The summed E-state index contributed by atoms with van der Waals surface area (Å²) in [4.78, 5) is 11.9. The Labute approximate surface area is 136 Å². The van der Waals surface area contributed by atoms with Gasteiger partial charge in [-0.3, -0.25) is 4.79 Å². The van der Waals surface area contributed by atoms with Crippen LogP contribution in [0.25, 0.3) is 6.08 Å². The number of hydrogen-bond donors (Lipinski definition) is 3. The summed E-state index contributed by atoms with van der Waals surface area (Å²) in [6.45, 7) is 2.16. The Hall–Kier alpha value is -2.75. The van der Waals surface area contributed by atoms with Gasteiger partial charge in [-0.15, -0.1) is 0 Å². The predicted octanol–water partition coefficient (Wildman–Crippen LogP) is 4.09. The Morgan fingerprint density at radius 3 is 2.48 bits per heavy atom. The first-order valence-electron chi connectivity index (χ1n) is 7.68. The molecule has 0 heterocycles. The highest BCUT2D eigenvalue weighted by Gasteiger charge is 2.01. The summed E-state index contributed by atoms with van der Waals surface area (Å²) in [7, 11) is 0. The number of hydrogen-bond acceptors (Lipinski definition) is 3. The third kappa shape index (κ3) is 5.18. The van der Waals surface area contributed by atoms with E-state index < -0.39 is 0 Å². The molecule has 0 saturated carbocycles. The Morgan fingerprint density at radius 2 is 1.83 bits per heavy atom. The first-order chi connectivity index (χ1) is 11.1. The molecule has 0 spiro atoms. The number of phenols is 2. The molecule has 0 saturated heterocycles. The van der Waals surface area contributed by atoms with E-state index in [9.17, 15) is 15.0 Å². The number of anilines is 1. The van der Waals surface area contributed by atoms with Crippen LogP contribution < -0.4 is 5.32 Å². The van der Waals surface area contributed by atoms with Crippen molar-refractivity contribution in [3.63, 3.8) is 0 Å². The first kappa shape index (κ1) is 16.6. The highest BCUT2D eigenvalue weighted by molar-refractivity contribution is 6.01. The van der Waals surface area contributed by atoms with Gasteiger partial charge in [0.05, 0.1) is 0 Å². The van der Waals surface area contributed by atoms with Crippen molar-refractivity contribution in [3.05, 3.63) is 59.7 Å². The maximum absolute atomic E-state index is 11.9. The molecule has 120 valence electrons. The Kier molecular flexibility index (Phi) is 5.80. The Balaban J connectivity index is 1.93. The number of amides is 1. The molecule has 0 bridgehead atoms. The van der Waals surface area contributed by atoms with Crippen LogP contribution >= 0.6 is 0 Å². The van der Waals surface area contributed by atoms with E-state index in [1.165, 1.54) is 23.8 Å². The van der Waals surface area contributed by atoms with Crippen molar-refractivity contribution >= 4 is 17.7 Å². The molecule has 3 N–H and O–H groups in total. The van der Waals surface area contributed by atoms with Crippen LogP contribution in [0.3, 0.4) is 0 Å². The molecule has 4 nitrogen and oxygen atoms in total. The van der Waals surface area contributed by atoms with Crippen molar-refractivity contribution in [1.29, 1.82) is 0 Å². The molecule has 0 radical (unpaired) electrons. The van der Waals surface area contributed by atoms with Gasteiger partial charge in [-0.25, -0.2) is 0 Å². The third-order valence-electron chi connectivity index (χ3n) is 3.47. The summed E-state index contributed by atoms with van der Waals surface area (Å²) in [6, 6.07) is 12.2. The van der Waals surface area contributed by atoms with E-state index in [1.54, 1.807) is 12.1 Å². The second-order valence-corrected chi connectivity index (χ2v) is 5.37. The van der Waals surface area contributed by atoms with Gasteiger partial charge in [-0.2, -0.15) is 0 Å². The standard InChI is InChI=1S/C19H21NO3/c1-2-3-4-14-5-9-16(10-6-14)20-19(23)12-8-15-7-11-17(21)18(22)13-15/h5-13,21-22H,2-4H2,1H3,(H,20,23)/b12-8+. The van der Waals surface area contributed by atoms with Crippen LogP contribution in [0.15, 0.2) is 48.5 Å². The lowest BCUT2D eigenvalue weighted by Gasteiger charge is -2.04. The number of rotatable bonds is 6. The molecule has 2 aromatic rings. The van der Waals surface area contributed by atoms with E-state index in [0.717, 1.165) is 24.9 Å². The van der Waals surface area contributed by atoms with Crippen LogP contribution in [-0.2, 0) is 11.2 Å². The molecule has 23 heavy (non-hydrogen) atoms. The van der Waals surface area contributed by atoms with Crippen LogP contribution in [0, 0.1) is 0 Å². The van der Waals surface area contributed by atoms with E-state index in [-0.39, 0.29) is 17.4 Å². The van der Waals surface area contributed by atoms with Gasteiger partial charge in [-0.1, -0.05) is 31.5 Å². The van der Waals surface area contributed by atoms with Crippen LogP contribution in [-0.4, -0.2) is 16.1 Å². The van der Waals surface area contributed by atoms with Gasteiger partial charge in [-0.05, 0) is 54.3 Å². The minimum absolute atomic E-state index is 0.185. The van der Waals surface area contributed by atoms with E-state index in [1.807, 2.05) is 24.3 Å². The SMILES string of the molecule is CCCCc1ccc(NC(=O)/C=C/c2ccc(O)c(O)c2)cc1. The van der Waals surface area contributed by atoms with Crippen LogP contribution in [0.1, 0.15) is 30.9 Å². The molecule has 4 heteroatoms. The normalized spacial score (nSPS) is 10.8. The largest absolute Gasteiger partial charge is 0.504 e. The Morgan fingerprint density at radius 1 is 1.09 bits per heavy atom. The van der Waals surface area contributed by atoms with Crippen molar-refractivity contribution in [2.45, 2.75) is 26.2 Å². The smallest absolute Gasteiger partial charge is 0.248 e. The molecule has 2 aromatic carbocycles. The summed E-state index contributed by atoms with van der Waals surface area (Å²) in [6.07, 6.45) is 6.33. The molecule has 0 unspecified atom stereocenters. The van der Waals surface area contributed by atoms with E-state index >= 15 is 0 Å². The van der Waals surface area contributed by atoms with Crippen molar-refractivity contribution in [3.8, 4) is 11.5 Å². The van der Waals surface area contributed by atoms with Crippen molar-refractivity contribution in [2.75, 3.05) is 5.32 Å². The number of phenolic OH excluding ortho intramolecular Hbond substituents is 2. The molecule has 2 rings (SSSR count). The first-order valence-corrected chi connectivity index (χ1v) is 7.68. The average Bonchev–Trinajstić information content (AvgIpc) is 2.55. The summed E-state index contributed by atoms with van der Waals surface area (Å²) in [5.41, 5.74) is 2.64. The Bertz CT molecular complexity index is 690. The fourth-order valence-electron chi connectivity index (χ4n) is 2.14. The number of benzene rings is 2. The summed E-state index contributed by atoms with van der Waals surface area (Å²) in [5, 5.41) is 21.4. The molecule has 1 amide bonds. The lowest BCUT2D eigenvalue weighted by molar-refractivity contribution is -0.111. The van der Waals surface area contributed by atoms with Gasteiger partial charge in [0, 0.05) is 11.8 Å². The second-order valence-electron chi connectivity index (χ2n) is 5.37. The molecule has 0 fully saturated rings. The van der Waals surface area contributed by atoms with Gasteiger partial charge in [0.25, 0.3) is 0 Å². The highest BCUT2D eigenvalue weighted by Crippen LogP contribution is 2.25. The highest BCUT2D eigenvalue weighted by atomic mass is 16.3. The second kappa shape index (κ2) is 8.03. The maximum atomic E-state index is 11.9. The summed E-state index contributed by atoms with van der Waals surface area (Å²) in [5.74, 6) is -0.649. The number of aryl methyl sites for hydroxylation is 1. The van der Waals surface area contributed by atoms with Gasteiger partial charge in [0.2, 0.25) is 5.91 Å². The molecule has 0 atom stereocenters. The molecule has 0 aliphatic carbocycles. The molecule has 0 aliphatic rings. The molecule has 0 aliphatic heterocycles. The number of carbonyl (C=O) groups excluding carboxylic acids is 1. The van der Waals surface area contributed by atoms with Crippen LogP contribution in [0.4, 0.5) is 5.69 Å². The molecular formula is C19H21NO3. The quantitative estimate of drug-likeness (QED) is 0.556. The molecule has 0 aromatic heterocycles. The van der Waals surface area contributed by atoms with Crippen LogP contribution in [0.5, 0.6) is 11.5 Å². The maximum Gasteiger partial charge on any atom is 0.248 e. The zero-order valence-electron chi connectivity index (χ0n) is 13.1. The number of carbonyl (C=O) groups is 1. The molecular weight excluding hydrogens is 290 g/mol. The third-order valence-corrected chi connectivity index (χ3v) is 3.47. The lowest BCUT2D eigenvalue weighted by Crippen LogP contribution is -2.07. The minimum Gasteiger partial charge on any atom is -0.504 e. The topological polar surface area (TPSA) is 69.6 Å². The number of unbranched alkanes of at least 4 members (excludes halogenated alkanes) is 1. The predicted molar refractivity (Wildman–Crippen MR) is 92.5 cm³/mol. The van der Waals surface area contributed by atoms with Crippen molar-refractivity contribution in [1.82, 2.24) is 0 Å². The average molecular weight is 311 g/mol. The van der Waals surface area contributed by atoms with E-state index in [2.05, 4.69) is 12.2 Å². The zero-order valence-corrected chi connectivity index (χ0v) is 13.1.